The maximum atomic E-state index is 12.8. The SMILES string of the molecule is Cc1nc2cc(C(=O)N[C@H](c3cnn(C)c3)C3CC(O)C3)ccc2s1. The highest BCUT2D eigenvalue weighted by atomic mass is 32.1. The van der Waals surface area contributed by atoms with Crippen molar-refractivity contribution in [1.29, 1.82) is 0 Å². The number of carbonyl (C=O) groups is 1. The monoisotopic (exact) mass is 356 g/mol. The molecule has 3 aromatic rings. The Balaban J connectivity index is 1.58. The number of thiazole rings is 1. The molecule has 6 nitrogen and oxygen atoms in total. The van der Waals surface area contributed by atoms with Crippen molar-refractivity contribution in [2.75, 3.05) is 0 Å². The molecule has 0 saturated heterocycles. The average molecular weight is 356 g/mol. The first-order valence-electron chi connectivity index (χ1n) is 8.34. The Morgan fingerprint density at radius 3 is 2.92 bits per heavy atom. The van der Waals surface area contributed by atoms with Gasteiger partial charge in [0.1, 0.15) is 0 Å². The Labute approximate surface area is 149 Å². The minimum atomic E-state index is -0.268. The van der Waals surface area contributed by atoms with Crippen LogP contribution in [0.2, 0.25) is 0 Å². The number of rotatable bonds is 4. The van der Waals surface area contributed by atoms with Crippen molar-refractivity contribution in [1.82, 2.24) is 20.1 Å². The molecule has 2 aromatic heterocycles. The van der Waals surface area contributed by atoms with Gasteiger partial charge >= 0.3 is 0 Å². The molecular weight excluding hydrogens is 336 g/mol. The lowest BCUT2D eigenvalue weighted by atomic mass is 9.75. The minimum Gasteiger partial charge on any atom is -0.393 e. The van der Waals surface area contributed by atoms with Crippen molar-refractivity contribution < 1.29 is 9.90 Å². The lowest BCUT2D eigenvalue weighted by Crippen LogP contribution is -2.41. The first-order valence-corrected chi connectivity index (χ1v) is 9.16. The van der Waals surface area contributed by atoms with Crippen LogP contribution in [0.15, 0.2) is 30.6 Å². The molecular formula is C18H20N4O2S. The van der Waals surface area contributed by atoms with Gasteiger partial charge in [0.15, 0.2) is 0 Å². The average Bonchev–Trinajstić information content (AvgIpc) is 3.13. The van der Waals surface area contributed by atoms with Crippen LogP contribution in [0.25, 0.3) is 10.2 Å². The Kier molecular flexibility index (Phi) is 4.05. The van der Waals surface area contributed by atoms with E-state index in [1.807, 2.05) is 38.4 Å². The van der Waals surface area contributed by atoms with Crippen LogP contribution in [0, 0.1) is 12.8 Å². The van der Waals surface area contributed by atoms with E-state index in [9.17, 15) is 9.90 Å². The third kappa shape index (κ3) is 3.17. The smallest absolute Gasteiger partial charge is 0.251 e. The molecule has 1 aromatic carbocycles. The van der Waals surface area contributed by atoms with E-state index in [1.165, 1.54) is 0 Å². The fourth-order valence-corrected chi connectivity index (χ4v) is 4.19. The second kappa shape index (κ2) is 6.24. The maximum Gasteiger partial charge on any atom is 0.251 e. The van der Waals surface area contributed by atoms with E-state index in [2.05, 4.69) is 15.4 Å². The highest BCUT2D eigenvalue weighted by molar-refractivity contribution is 7.18. The number of nitrogens with zero attached hydrogens (tertiary/aromatic N) is 3. The molecule has 0 radical (unpaired) electrons. The number of aryl methyl sites for hydroxylation is 2. The number of amides is 1. The first-order chi connectivity index (χ1) is 12.0. The summed E-state index contributed by atoms with van der Waals surface area (Å²) in [6, 6.07) is 5.48. The Morgan fingerprint density at radius 1 is 1.44 bits per heavy atom. The van der Waals surface area contributed by atoms with E-state index in [4.69, 9.17) is 0 Å². The Hall–Kier alpha value is -2.25. The molecule has 25 heavy (non-hydrogen) atoms. The van der Waals surface area contributed by atoms with E-state index in [1.54, 1.807) is 22.2 Å². The first kappa shape index (κ1) is 16.2. The van der Waals surface area contributed by atoms with Gasteiger partial charge in [-0.1, -0.05) is 0 Å². The quantitative estimate of drug-likeness (QED) is 0.753. The van der Waals surface area contributed by atoms with Crippen LogP contribution in [0.1, 0.15) is 39.8 Å². The highest BCUT2D eigenvalue weighted by Gasteiger charge is 2.36. The number of aliphatic hydroxyl groups excluding tert-OH is 1. The summed E-state index contributed by atoms with van der Waals surface area (Å²) < 4.78 is 2.81. The number of carbonyl (C=O) groups excluding carboxylic acids is 1. The number of hydrogen-bond donors (Lipinski definition) is 2. The van der Waals surface area contributed by atoms with Crippen molar-refractivity contribution in [3.63, 3.8) is 0 Å². The predicted octanol–water partition coefficient (Wildman–Crippen LogP) is 2.58. The zero-order valence-corrected chi connectivity index (χ0v) is 15.0. The van der Waals surface area contributed by atoms with Gasteiger partial charge < -0.3 is 10.4 Å². The van der Waals surface area contributed by atoms with Gasteiger partial charge in [0.2, 0.25) is 0 Å². The summed E-state index contributed by atoms with van der Waals surface area (Å²) in [7, 11) is 1.86. The molecule has 1 atom stereocenters. The number of aromatic nitrogens is 3. The molecule has 1 fully saturated rings. The molecule has 7 heteroatoms. The van der Waals surface area contributed by atoms with Crippen molar-refractivity contribution in [2.45, 2.75) is 31.9 Å². The summed E-state index contributed by atoms with van der Waals surface area (Å²) in [6.07, 6.45) is 4.83. The third-order valence-electron chi connectivity index (χ3n) is 4.75. The zero-order chi connectivity index (χ0) is 17.6. The molecule has 1 aliphatic rings. The Bertz CT molecular complexity index is 926. The third-order valence-corrected chi connectivity index (χ3v) is 5.70. The summed E-state index contributed by atoms with van der Waals surface area (Å²) in [5.41, 5.74) is 2.43. The van der Waals surface area contributed by atoms with Gasteiger partial charge in [0.05, 0.1) is 33.6 Å². The lowest BCUT2D eigenvalue weighted by molar-refractivity contribution is 0.0235. The van der Waals surface area contributed by atoms with E-state index in [0.717, 1.165) is 20.8 Å². The van der Waals surface area contributed by atoms with Crippen molar-refractivity contribution in [3.05, 3.63) is 46.7 Å². The molecule has 2 heterocycles. The van der Waals surface area contributed by atoms with E-state index >= 15 is 0 Å². The molecule has 4 rings (SSSR count). The topological polar surface area (TPSA) is 80.0 Å². The summed E-state index contributed by atoms with van der Waals surface area (Å²) in [5.74, 6) is 0.108. The van der Waals surface area contributed by atoms with Crippen LogP contribution in [0.3, 0.4) is 0 Å². The molecule has 0 aliphatic heterocycles. The van der Waals surface area contributed by atoms with Crippen LogP contribution in [0.5, 0.6) is 0 Å². The summed E-state index contributed by atoms with van der Waals surface area (Å²) >= 11 is 1.62. The number of fused-ring (bicyclic) bond motifs is 1. The van der Waals surface area contributed by atoms with Crippen LogP contribution in [-0.4, -0.2) is 31.9 Å². The molecule has 1 aliphatic carbocycles. The number of aliphatic hydroxyl groups is 1. The molecule has 130 valence electrons. The van der Waals surface area contributed by atoms with Crippen LogP contribution in [-0.2, 0) is 7.05 Å². The highest BCUT2D eigenvalue weighted by Crippen LogP contribution is 2.38. The maximum absolute atomic E-state index is 12.8. The van der Waals surface area contributed by atoms with Gasteiger partial charge in [-0.3, -0.25) is 9.48 Å². The minimum absolute atomic E-state index is 0.122. The molecule has 2 N–H and O–H groups in total. The lowest BCUT2D eigenvalue weighted by Gasteiger charge is -2.37. The fourth-order valence-electron chi connectivity index (χ4n) is 3.38. The molecule has 0 bridgehead atoms. The van der Waals surface area contributed by atoms with Crippen LogP contribution >= 0.6 is 11.3 Å². The van der Waals surface area contributed by atoms with Gasteiger partial charge in [0, 0.05) is 24.4 Å². The molecule has 1 saturated carbocycles. The molecule has 0 unspecified atom stereocenters. The van der Waals surface area contributed by atoms with Crippen molar-refractivity contribution >= 4 is 27.5 Å². The summed E-state index contributed by atoms with van der Waals surface area (Å²) in [4.78, 5) is 17.2. The summed E-state index contributed by atoms with van der Waals surface area (Å²) in [5, 5.41) is 18.0. The van der Waals surface area contributed by atoms with Gasteiger partial charge in [-0.25, -0.2) is 4.98 Å². The van der Waals surface area contributed by atoms with E-state index in [-0.39, 0.29) is 24.0 Å². The number of nitrogens with one attached hydrogen (secondary N) is 1. The molecule has 1 amide bonds. The van der Waals surface area contributed by atoms with Crippen LogP contribution in [0.4, 0.5) is 0 Å². The Morgan fingerprint density at radius 2 is 2.24 bits per heavy atom. The van der Waals surface area contributed by atoms with Crippen molar-refractivity contribution in [3.8, 4) is 0 Å². The molecule has 0 spiro atoms. The normalized spacial score (nSPS) is 21.1. The summed E-state index contributed by atoms with van der Waals surface area (Å²) in [6.45, 7) is 1.96. The van der Waals surface area contributed by atoms with Gasteiger partial charge in [0.25, 0.3) is 5.91 Å². The van der Waals surface area contributed by atoms with Gasteiger partial charge in [-0.15, -0.1) is 11.3 Å². The van der Waals surface area contributed by atoms with Gasteiger partial charge in [-0.2, -0.15) is 5.10 Å². The van der Waals surface area contributed by atoms with E-state index < -0.39 is 0 Å². The van der Waals surface area contributed by atoms with E-state index in [0.29, 0.717) is 18.4 Å². The zero-order valence-electron chi connectivity index (χ0n) is 14.1. The fraction of sp³-hybridized carbons (Fsp3) is 0.389. The number of benzene rings is 1. The van der Waals surface area contributed by atoms with Crippen LogP contribution < -0.4 is 5.32 Å². The predicted molar refractivity (Wildman–Crippen MR) is 96.5 cm³/mol. The second-order valence-electron chi connectivity index (χ2n) is 6.70. The van der Waals surface area contributed by atoms with Gasteiger partial charge in [-0.05, 0) is 43.9 Å². The standard InChI is InChI=1S/C18H20N4O2S/c1-10-20-15-7-11(3-4-16(15)25-10)18(24)21-17(12-5-14(23)6-12)13-8-19-22(2)9-13/h3-4,7-9,12,14,17,23H,5-6H2,1-2H3,(H,21,24)/t12?,14?,17-/m0/s1. The van der Waals surface area contributed by atoms with Crippen molar-refractivity contribution in [2.24, 2.45) is 13.0 Å². The second-order valence-corrected chi connectivity index (χ2v) is 7.93. The largest absolute Gasteiger partial charge is 0.393 e. The number of hydrogen-bond acceptors (Lipinski definition) is 5.